The summed E-state index contributed by atoms with van der Waals surface area (Å²) in [5, 5.41) is 9.09. The largest absolute Gasteiger partial charge is 0.392 e. The van der Waals surface area contributed by atoms with Crippen LogP contribution in [0.4, 0.5) is 0 Å². The highest BCUT2D eigenvalue weighted by atomic mass is 32.2. The van der Waals surface area contributed by atoms with Crippen LogP contribution < -0.4 is 0 Å². The van der Waals surface area contributed by atoms with E-state index in [2.05, 4.69) is 0 Å². The zero-order valence-electron chi connectivity index (χ0n) is 9.19. The van der Waals surface area contributed by atoms with Gasteiger partial charge in [0, 0.05) is 0 Å². The van der Waals surface area contributed by atoms with Crippen LogP contribution >= 0.6 is 0 Å². The predicted octanol–water partition coefficient (Wildman–Crippen LogP) is 1.46. The zero-order valence-corrected chi connectivity index (χ0v) is 10.0. The van der Waals surface area contributed by atoms with Gasteiger partial charge >= 0.3 is 0 Å². The second-order valence-corrected chi connectivity index (χ2v) is 5.91. The molecule has 0 aliphatic carbocycles. The summed E-state index contributed by atoms with van der Waals surface area (Å²) in [5.41, 5.74) is 2.01. The highest BCUT2D eigenvalue weighted by Gasteiger charge is 2.17. The minimum absolute atomic E-state index is 0.227. The minimum Gasteiger partial charge on any atom is -0.392 e. The molecular weight excluding hydrogens is 212 g/mol. The summed E-state index contributed by atoms with van der Waals surface area (Å²) in [5.74, 6) is -0.227. The summed E-state index contributed by atoms with van der Waals surface area (Å²) in [7, 11) is -3.35. The molecule has 0 fully saturated rings. The highest BCUT2D eigenvalue weighted by Crippen LogP contribution is 2.16. The normalized spacial score (nSPS) is 13.9. The molecule has 3 nitrogen and oxygen atoms in total. The second-order valence-electron chi connectivity index (χ2n) is 3.88. The number of benzene rings is 1. The van der Waals surface area contributed by atoms with Crippen LogP contribution in [0.25, 0.3) is 0 Å². The summed E-state index contributed by atoms with van der Waals surface area (Å²) in [6, 6.07) is 5.01. The van der Waals surface area contributed by atoms with Gasteiger partial charge in [0.1, 0.15) is 0 Å². The second kappa shape index (κ2) is 4.33. The van der Waals surface area contributed by atoms with Crippen LogP contribution in [0.1, 0.15) is 18.1 Å². The number of aryl methyl sites for hydroxylation is 2. The lowest BCUT2D eigenvalue weighted by Crippen LogP contribution is -2.17. The topological polar surface area (TPSA) is 54.4 Å². The van der Waals surface area contributed by atoms with Crippen LogP contribution in [-0.4, -0.2) is 25.4 Å². The molecule has 0 radical (unpaired) electrons. The van der Waals surface area contributed by atoms with E-state index in [1.165, 1.54) is 6.92 Å². The van der Waals surface area contributed by atoms with Crippen LogP contribution in [0, 0.1) is 13.8 Å². The Morgan fingerprint density at radius 1 is 1.27 bits per heavy atom. The first kappa shape index (κ1) is 12.2. The molecule has 1 unspecified atom stereocenters. The molecule has 0 saturated carbocycles. The summed E-state index contributed by atoms with van der Waals surface area (Å²) in [6.45, 7) is 5.27. The van der Waals surface area contributed by atoms with Crippen molar-refractivity contribution < 1.29 is 13.5 Å². The summed E-state index contributed by atoms with van der Waals surface area (Å²) in [4.78, 5) is 0.284. The molecule has 1 N–H and O–H groups in total. The van der Waals surface area contributed by atoms with Crippen molar-refractivity contribution in [3.8, 4) is 0 Å². The van der Waals surface area contributed by atoms with E-state index in [4.69, 9.17) is 5.11 Å². The highest BCUT2D eigenvalue weighted by molar-refractivity contribution is 7.91. The molecule has 0 aliphatic heterocycles. The SMILES string of the molecule is Cc1ccc(S(=O)(=O)CC(C)O)cc1C. The van der Waals surface area contributed by atoms with E-state index in [1.807, 2.05) is 13.8 Å². The zero-order chi connectivity index (χ0) is 11.6. The Labute approximate surface area is 90.7 Å². The first-order valence-corrected chi connectivity index (χ1v) is 6.46. The third kappa shape index (κ3) is 3.04. The fraction of sp³-hybridized carbons (Fsp3) is 0.455. The van der Waals surface area contributed by atoms with Gasteiger partial charge in [-0.15, -0.1) is 0 Å². The molecule has 0 saturated heterocycles. The molecule has 15 heavy (non-hydrogen) atoms. The van der Waals surface area contributed by atoms with Gasteiger partial charge in [-0.1, -0.05) is 6.07 Å². The number of aliphatic hydroxyl groups is 1. The lowest BCUT2D eigenvalue weighted by Gasteiger charge is -2.08. The van der Waals surface area contributed by atoms with Crippen molar-refractivity contribution >= 4 is 9.84 Å². The Kier molecular flexibility index (Phi) is 3.52. The molecule has 1 atom stereocenters. The van der Waals surface area contributed by atoms with E-state index < -0.39 is 15.9 Å². The Morgan fingerprint density at radius 2 is 1.87 bits per heavy atom. The first-order valence-electron chi connectivity index (χ1n) is 4.81. The smallest absolute Gasteiger partial charge is 0.180 e. The lowest BCUT2D eigenvalue weighted by atomic mass is 10.1. The maximum absolute atomic E-state index is 11.7. The van der Waals surface area contributed by atoms with Crippen molar-refractivity contribution in [2.75, 3.05) is 5.75 Å². The minimum atomic E-state index is -3.35. The molecule has 0 amide bonds. The Bertz CT molecular complexity index is 447. The average molecular weight is 228 g/mol. The van der Waals surface area contributed by atoms with Gasteiger partial charge in [0.15, 0.2) is 9.84 Å². The van der Waals surface area contributed by atoms with Crippen molar-refractivity contribution in [3.05, 3.63) is 29.3 Å². The third-order valence-electron chi connectivity index (χ3n) is 2.30. The molecule has 1 aromatic rings. The van der Waals surface area contributed by atoms with Crippen LogP contribution in [0.5, 0.6) is 0 Å². The molecular formula is C11H16O3S. The molecule has 0 spiro atoms. The summed E-state index contributed by atoms with van der Waals surface area (Å²) < 4.78 is 23.5. The summed E-state index contributed by atoms with van der Waals surface area (Å²) in [6.07, 6.45) is -0.836. The molecule has 1 rings (SSSR count). The Hall–Kier alpha value is -0.870. The number of hydrogen-bond donors (Lipinski definition) is 1. The van der Waals surface area contributed by atoms with Crippen LogP contribution in [-0.2, 0) is 9.84 Å². The summed E-state index contributed by atoms with van der Waals surface area (Å²) >= 11 is 0. The van der Waals surface area contributed by atoms with Gasteiger partial charge in [-0.3, -0.25) is 0 Å². The van der Waals surface area contributed by atoms with Gasteiger partial charge in [-0.2, -0.15) is 0 Å². The van der Waals surface area contributed by atoms with Gasteiger partial charge in [0.25, 0.3) is 0 Å². The van der Waals surface area contributed by atoms with E-state index in [1.54, 1.807) is 18.2 Å². The molecule has 4 heteroatoms. The average Bonchev–Trinajstić information content (AvgIpc) is 2.07. The van der Waals surface area contributed by atoms with Crippen molar-refractivity contribution in [2.45, 2.75) is 31.8 Å². The van der Waals surface area contributed by atoms with Crippen LogP contribution in [0.15, 0.2) is 23.1 Å². The van der Waals surface area contributed by atoms with Gasteiger partial charge in [0.2, 0.25) is 0 Å². The van der Waals surface area contributed by atoms with Gasteiger partial charge < -0.3 is 5.11 Å². The standard InChI is InChI=1S/C11H16O3S/c1-8-4-5-11(6-9(8)2)15(13,14)7-10(3)12/h4-6,10,12H,7H2,1-3H3. The number of aliphatic hydroxyl groups excluding tert-OH is 1. The Balaban J connectivity index is 3.11. The van der Waals surface area contributed by atoms with E-state index in [-0.39, 0.29) is 10.6 Å². The monoisotopic (exact) mass is 228 g/mol. The molecule has 1 aromatic carbocycles. The van der Waals surface area contributed by atoms with E-state index >= 15 is 0 Å². The first-order chi connectivity index (χ1) is 6.83. The van der Waals surface area contributed by atoms with Gasteiger partial charge in [-0.05, 0) is 44.0 Å². The maximum atomic E-state index is 11.7. The lowest BCUT2D eigenvalue weighted by molar-refractivity contribution is 0.218. The van der Waals surface area contributed by atoms with Crippen molar-refractivity contribution in [1.82, 2.24) is 0 Å². The van der Waals surface area contributed by atoms with E-state index in [0.717, 1.165) is 11.1 Å². The molecule has 0 aliphatic rings. The van der Waals surface area contributed by atoms with Gasteiger partial charge in [0.05, 0.1) is 16.8 Å². The van der Waals surface area contributed by atoms with E-state index in [0.29, 0.717) is 0 Å². The molecule has 0 aromatic heterocycles. The van der Waals surface area contributed by atoms with Crippen molar-refractivity contribution in [3.63, 3.8) is 0 Å². The van der Waals surface area contributed by atoms with E-state index in [9.17, 15) is 8.42 Å². The van der Waals surface area contributed by atoms with Gasteiger partial charge in [-0.25, -0.2) is 8.42 Å². The molecule has 0 bridgehead atoms. The molecule has 84 valence electrons. The Morgan fingerprint density at radius 3 is 2.33 bits per heavy atom. The quantitative estimate of drug-likeness (QED) is 0.852. The van der Waals surface area contributed by atoms with Crippen molar-refractivity contribution in [2.24, 2.45) is 0 Å². The fourth-order valence-electron chi connectivity index (χ4n) is 1.32. The third-order valence-corrected chi connectivity index (χ3v) is 4.19. The van der Waals surface area contributed by atoms with Crippen LogP contribution in [0.3, 0.4) is 0 Å². The molecule has 0 heterocycles. The number of rotatable bonds is 3. The van der Waals surface area contributed by atoms with Crippen LogP contribution in [0.2, 0.25) is 0 Å². The maximum Gasteiger partial charge on any atom is 0.180 e. The number of hydrogen-bond acceptors (Lipinski definition) is 3. The predicted molar refractivity (Wildman–Crippen MR) is 59.6 cm³/mol. The fourth-order valence-corrected chi connectivity index (χ4v) is 2.78. The van der Waals surface area contributed by atoms with Crippen molar-refractivity contribution in [1.29, 1.82) is 0 Å². The number of sulfone groups is 1.